The number of aryl methyl sites for hydroxylation is 2. The SMILES string of the molecule is Cc1ccccc1C.Oc1ccccc1.[B]. The fourth-order valence-corrected chi connectivity index (χ4v) is 1.09. The van der Waals surface area contributed by atoms with Crippen molar-refractivity contribution < 1.29 is 5.11 Å². The van der Waals surface area contributed by atoms with Crippen molar-refractivity contribution in [1.29, 1.82) is 0 Å². The Morgan fingerprint density at radius 1 is 0.688 bits per heavy atom. The molecule has 0 aliphatic heterocycles. The van der Waals surface area contributed by atoms with E-state index < -0.39 is 0 Å². The van der Waals surface area contributed by atoms with E-state index in [2.05, 4.69) is 38.1 Å². The molecule has 1 nitrogen and oxygen atoms in total. The molecule has 2 rings (SSSR count). The molecule has 0 fully saturated rings. The summed E-state index contributed by atoms with van der Waals surface area (Å²) in [6, 6.07) is 17.1. The molecular formula is C14H16BO. The summed E-state index contributed by atoms with van der Waals surface area (Å²) in [5.74, 6) is 0.322. The third-order valence-corrected chi connectivity index (χ3v) is 2.18. The van der Waals surface area contributed by atoms with Gasteiger partial charge in [0.05, 0.1) is 0 Å². The molecule has 3 radical (unpaired) electrons. The Bertz CT molecular complexity index is 377. The fourth-order valence-electron chi connectivity index (χ4n) is 1.09. The summed E-state index contributed by atoms with van der Waals surface area (Å²) < 4.78 is 0. The third-order valence-electron chi connectivity index (χ3n) is 2.18. The van der Waals surface area contributed by atoms with Crippen LogP contribution in [-0.2, 0) is 0 Å². The Balaban J connectivity index is 0.000000267. The summed E-state index contributed by atoms with van der Waals surface area (Å²) in [7, 11) is 0. The quantitative estimate of drug-likeness (QED) is 0.662. The standard InChI is InChI=1S/C8H10.C6H6O.B/c1-7-5-3-4-6-8(7)2;7-6-4-2-1-3-5-6;/h3-6H,1-2H3;1-5,7H;. The summed E-state index contributed by atoms with van der Waals surface area (Å²) in [6.45, 7) is 4.24. The van der Waals surface area contributed by atoms with Crippen LogP contribution in [0.15, 0.2) is 54.6 Å². The van der Waals surface area contributed by atoms with Gasteiger partial charge in [0.15, 0.2) is 0 Å². The second-order valence-corrected chi connectivity index (χ2v) is 3.42. The van der Waals surface area contributed by atoms with Crippen LogP contribution >= 0.6 is 0 Å². The number of phenolic OH excluding ortho intramolecular Hbond substituents is 1. The van der Waals surface area contributed by atoms with Gasteiger partial charge in [-0.1, -0.05) is 42.5 Å². The molecule has 1 N–H and O–H groups in total. The molecule has 0 heterocycles. The molecule has 0 unspecified atom stereocenters. The highest BCUT2D eigenvalue weighted by atomic mass is 16.3. The van der Waals surface area contributed by atoms with Gasteiger partial charge in [0.2, 0.25) is 0 Å². The van der Waals surface area contributed by atoms with E-state index in [0.717, 1.165) is 0 Å². The highest BCUT2D eigenvalue weighted by molar-refractivity contribution is 5.75. The van der Waals surface area contributed by atoms with Gasteiger partial charge in [-0.25, -0.2) is 0 Å². The van der Waals surface area contributed by atoms with Gasteiger partial charge in [-0.3, -0.25) is 0 Å². The van der Waals surface area contributed by atoms with E-state index in [4.69, 9.17) is 5.11 Å². The normalized spacial score (nSPS) is 8.38. The van der Waals surface area contributed by atoms with E-state index in [1.807, 2.05) is 6.07 Å². The van der Waals surface area contributed by atoms with Gasteiger partial charge in [0.1, 0.15) is 5.75 Å². The number of phenols is 1. The molecule has 0 amide bonds. The van der Waals surface area contributed by atoms with Crippen molar-refractivity contribution >= 4 is 8.41 Å². The maximum atomic E-state index is 8.63. The second kappa shape index (κ2) is 7.58. The lowest BCUT2D eigenvalue weighted by Gasteiger charge is -1.93. The molecule has 0 saturated carbocycles. The Morgan fingerprint density at radius 3 is 1.31 bits per heavy atom. The molecule has 81 valence electrons. The lowest BCUT2D eigenvalue weighted by atomic mass is 10.1. The highest BCUT2D eigenvalue weighted by Gasteiger charge is 1.83. The predicted octanol–water partition coefficient (Wildman–Crippen LogP) is 3.31. The first-order chi connectivity index (χ1) is 7.20. The molecule has 0 aromatic heterocycles. The van der Waals surface area contributed by atoms with E-state index >= 15 is 0 Å². The Kier molecular flexibility index (Phi) is 6.77. The van der Waals surface area contributed by atoms with Crippen LogP contribution < -0.4 is 0 Å². The molecule has 2 aromatic rings. The zero-order valence-electron chi connectivity index (χ0n) is 9.72. The van der Waals surface area contributed by atoms with Gasteiger partial charge in [0, 0.05) is 8.41 Å². The molecule has 2 aromatic carbocycles. The second-order valence-electron chi connectivity index (χ2n) is 3.42. The van der Waals surface area contributed by atoms with Gasteiger partial charge < -0.3 is 5.11 Å². The summed E-state index contributed by atoms with van der Waals surface area (Å²) >= 11 is 0. The van der Waals surface area contributed by atoms with E-state index in [1.165, 1.54) is 11.1 Å². The van der Waals surface area contributed by atoms with Crippen LogP contribution in [0.25, 0.3) is 0 Å². The largest absolute Gasteiger partial charge is 0.508 e. The minimum atomic E-state index is 0. The van der Waals surface area contributed by atoms with E-state index in [9.17, 15) is 0 Å². The topological polar surface area (TPSA) is 20.2 Å². The van der Waals surface area contributed by atoms with Crippen molar-refractivity contribution in [2.24, 2.45) is 0 Å². The molecule has 0 spiro atoms. The third kappa shape index (κ3) is 5.25. The monoisotopic (exact) mass is 211 g/mol. The van der Waals surface area contributed by atoms with Crippen LogP contribution in [0.5, 0.6) is 5.75 Å². The molecule has 2 heteroatoms. The first-order valence-electron chi connectivity index (χ1n) is 4.96. The molecule has 0 aliphatic carbocycles. The fraction of sp³-hybridized carbons (Fsp3) is 0.143. The zero-order valence-corrected chi connectivity index (χ0v) is 9.72. The number of para-hydroxylation sites is 1. The summed E-state index contributed by atoms with van der Waals surface area (Å²) in [6.07, 6.45) is 0. The lowest BCUT2D eigenvalue weighted by Crippen LogP contribution is -1.74. The molecular weight excluding hydrogens is 195 g/mol. The number of hydrogen-bond donors (Lipinski definition) is 1. The van der Waals surface area contributed by atoms with Crippen LogP contribution in [0.2, 0.25) is 0 Å². The minimum Gasteiger partial charge on any atom is -0.508 e. The maximum Gasteiger partial charge on any atom is 0.115 e. The van der Waals surface area contributed by atoms with Crippen LogP contribution in [-0.4, -0.2) is 13.5 Å². The number of rotatable bonds is 0. The van der Waals surface area contributed by atoms with E-state index in [-0.39, 0.29) is 8.41 Å². The van der Waals surface area contributed by atoms with Crippen LogP contribution in [0.4, 0.5) is 0 Å². The van der Waals surface area contributed by atoms with Crippen LogP contribution in [0, 0.1) is 13.8 Å². The average Bonchev–Trinajstić information content (AvgIpc) is 2.25. The van der Waals surface area contributed by atoms with Crippen molar-refractivity contribution in [3.8, 4) is 5.75 Å². The van der Waals surface area contributed by atoms with Gasteiger partial charge >= 0.3 is 0 Å². The molecule has 16 heavy (non-hydrogen) atoms. The minimum absolute atomic E-state index is 0. The Labute approximate surface area is 99.3 Å². The van der Waals surface area contributed by atoms with Crippen molar-refractivity contribution in [3.63, 3.8) is 0 Å². The van der Waals surface area contributed by atoms with Crippen molar-refractivity contribution in [2.75, 3.05) is 0 Å². The molecule has 0 bridgehead atoms. The van der Waals surface area contributed by atoms with Gasteiger partial charge in [0.25, 0.3) is 0 Å². The summed E-state index contributed by atoms with van der Waals surface area (Å²) in [5.41, 5.74) is 2.74. The number of aromatic hydroxyl groups is 1. The average molecular weight is 211 g/mol. The first-order valence-corrected chi connectivity index (χ1v) is 4.96. The number of benzene rings is 2. The highest BCUT2D eigenvalue weighted by Crippen LogP contribution is 2.03. The molecule has 0 saturated heterocycles. The zero-order chi connectivity index (χ0) is 11.1. The van der Waals surface area contributed by atoms with Crippen molar-refractivity contribution in [2.45, 2.75) is 13.8 Å². The predicted molar refractivity (Wildman–Crippen MR) is 69.8 cm³/mol. The molecule has 0 aliphatic rings. The first kappa shape index (κ1) is 14.3. The van der Waals surface area contributed by atoms with Gasteiger partial charge in [-0.15, -0.1) is 0 Å². The van der Waals surface area contributed by atoms with Gasteiger partial charge in [-0.2, -0.15) is 0 Å². The van der Waals surface area contributed by atoms with Crippen LogP contribution in [0.3, 0.4) is 0 Å². The van der Waals surface area contributed by atoms with E-state index in [1.54, 1.807) is 24.3 Å². The maximum absolute atomic E-state index is 8.63. The number of hydrogen-bond acceptors (Lipinski definition) is 1. The summed E-state index contributed by atoms with van der Waals surface area (Å²) in [5, 5.41) is 8.63. The Morgan fingerprint density at radius 2 is 1.06 bits per heavy atom. The van der Waals surface area contributed by atoms with Crippen molar-refractivity contribution in [3.05, 3.63) is 65.7 Å². The van der Waals surface area contributed by atoms with Crippen molar-refractivity contribution in [1.82, 2.24) is 0 Å². The lowest BCUT2D eigenvalue weighted by molar-refractivity contribution is 0.475. The Hall–Kier alpha value is -1.70. The summed E-state index contributed by atoms with van der Waals surface area (Å²) in [4.78, 5) is 0. The van der Waals surface area contributed by atoms with Gasteiger partial charge in [-0.05, 0) is 37.1 Å². The smallest absolute Gasteiger partial charge is 0.115 e. The molecule has 0 atom stereocenters. The van der Waals surface area contributed by atoms with E-state index in [0.29, 0.717) is 5.75 Å². The van der Waals surface area contributed by atoms with Crippen LogP contribution in [0.1, 0.15) is 11.1 Å².